The second kappa shape index (κ2) is 5.81. The average molecular weight is 278 g/mol. The van der Waals surface area contributed by atoms with Crippen molar-refractivity contribution in [3.8, 4) is 0 Å². The number of thiophene rings is 1. The SMILES string of the molecule is NC(CN1CCCC1)c1noc(Cc2cccs2)n1. The zero-order chi connectivity index (χ0) is 13.1. The molecule has 2 aromatic rings. The molecule has 0 saturated carbocycles. The van der Waals surface area contributed by atoms with Gasteiger partial charge in [0.25, 0.3) is 0 Å². The van der Waals surface area contributed by atoms with Crippen molar-refractivity contribution >= 4 is 11.3 Å². The smallest absolute Gasteiger partial charge is 0.231 e. The van der Waals surface area contributed by atoms with E-state index in [2.05, 4.69) is 21.1 Å². The van der Waals surface area contributed by atoms with E-state index in [0.29, 0.717) is 18.1 Å². The first-order chi connectivity index (χ1) is 9.31. The van der Waals surface area contributed by atoms with Crippen LogP contribution in [-0.2, 0) is 6.42 Å². The third-order valence-electron chi connectivity index (χ3n) is 3.37. The maximum atomic E-state index is 6.14. The summed E-state index contributed by atoms with van der Waals surface area (Å²) in [6.07, 6.45) is 3.23. The van der Waals surface area contributed by atoms with Crippen LogP contribution in [0.5, 0.6) is 0 Å². The third kappa shape index (κ3) is 3.20. The van der Waals surface area contributed by atoms with Gasteiger partial charge in [-0.25, -0.2) is 0 Å². The Balaban J connectivity index is 1.60. The number of rotatable bonds is 5. The van der Waals surface area contributed by atoms with Crippen molar-refractivity contribution in [1.82, 2.24) is 15.0 Å². The lowest BCUT2D eigenvalue weighted by Gasteiger charge is -2.17. The summed E-state index contributed by atoms with van der Waals surface area (Å²) in [5, 5.41) is 6.05. The van der Waals surface area contributed by atoms with E-state index in [0.717, 1.165) is 19.6 Å². The molecule has 1 aliphatic heterocycles. The second-order valence-corrected chi connectivity index (χ2v) is 5.95. The van der Waals surface area contributed by atoms with Gasteiger partial charge in [0.1, 0.15) is 0 Å². The lowest BCUT2D eigenvalue weighted by Crippen LogP contribution is -2.30. The van der Waals surface area contributed by atoms with Gasteiger partial charge in [0.05, 0.1) is 12.5 Å². The van der Waals surface area contributed by atoms with Gasteiger partial charge in [0.15, 0.2) is 5.82 Å². The Morgan fingerprint density at radius 3 is 3.00 bits per heavy atom. The monoisotopic (exact) mass is 278 g/mol. The lowest BCUT2D eigenvalue weighted by atomic mass is 10.3. The van der Waals surface area contributed by atoms with Gasteiger partial charge in [-0.05, 0) is 37.4 Å². The van der Waals surface area contributed by atoms with Gasteiger partial charge in [-0.2, -0.15) is 4.98 Å². The predicted octanol–water partition coefficient (Wildman–Crippen LogP) is 1.82. The molecule has 2 N–H and O–H groups in total. The van der Waals surface area contributed by atoms with Crippen LogP contribution < -0.4 is 5.73 Å². The first-order valence-electron chi connectivity index (χ1n) is 6.64. The summed E-state index contributed by atoms with van der Waals surface area (Å²) in [7, 11) is 0. The Hall–Kier alpha value is -1.24. The molecule has 1 fully saturated rings. The molecule has 3 heterocycles. The number of aromatic nitrogens is 2. The Morgan fingerprint density at radius 1 is 1.42 bits per heavy atom. The first kappa shape index (κ1) is 12.8. The van der Waals surface area contributed by atoms with Gasteiger partial charge in [0, 0.05) is 11.4 Å². The molecule has 1 aliphatic rings. The highest BCUT2D eigenvalue weighted by Gasteiger charge is 2.20. The second-order valence-electron chi connectivity index (χ2n) is 4.92. The van der Waals surface area contributed by atoms with Gasteiger partial charge in [-0.1, -0.05) is 11.2 Å². The van der Waals surface area contributed by atoms with Crippen molar-refractivity contribution in [3.05, 3.63) is 34.1 Å². The maximum absolute atomic E-state index is 6.14. The molecular weight excluding hydrogens is 260 g/mol. The molecule has 1 saturated heterocycles. The van der Waals surface area contributed by atoms with Crippen LogP contribution in [0, 0.1) is 0 Å². The molecule has 102 valence electrons. The number of nitrogens with zero attached hydrogens (tertiary/aromatic N) is 3. The van der Waals surface area contributed by atoms with Crippen molar-refractivity contribution < 1.29 is 4.52 Å². The molecule has 0 aromatic carbocycles. The van der Waals surface area contributed by atoms with Crippen molar-refractivity contribution in [2.75, 3.05) is 19.6 Å². The van der Waals surface area contributed by atoms with E-state index in [4.69, 9.17) is 10.3 Å². The van der Waals surface area contributed by atoms with Crippen molar-refractivity contribution in [3.63, 3.8) is 0 Å². The quantitative estimate of drug-likeness (QED) is 0.903. The van der Waals surface area contributed by atoms with Crippen LogP contribution in [0.3, 0.4) is 0 Å². The van der Waals surface area contributed by atoms with Gasteiger partial charge >= 0.3 is 0 Å². The Bertz CT molecular complexity index is 504. The minimum Gasteiger partial charge on any atom is -0.339 e. The van der Waals surface area contributed by atoms with E-state index < -0.39 is 0 Å². The molecule has 6 heteroatoms. The highest BCUT2D eigenvalue weighted by molar-refractivity contribution is 7.09. The maximum Gasteiger partial charge on any atom is 0.231 e. The van der Waals surface area contributed by atoms with Crippen molar-refractivity contribution in [2.24, 2.45) is 5.73 Å². The fourth-order valence-corrected chi connectivity index (χ4v) is 3.07. The van der Waals surface area contributed by atoms with Crippen LogP contribution in [0.4, 0.5) is 0 Å². The Kier molecular flexibility index (Phi) is 3.91. The van der Waals surface area contributed by atoms with E-state index in [-0.39, 0.29) is 6.04 Å². The van der Waals surface area contributed by atoms with Crippen LogP contribution in [0.2, 0.25) is 0 Å². The summed E-state index contributed by atoms with van der Waals surface area (Å²) >= 11 is 1.69. The van der Waals surface area contributed by atoms with Crippen LogP contribution in [0.1, 0.15) is 35.5 Å². The lowest BCUT2D eigenvalue weighted by molar-refractivity contribution is 0.305. The van der Waals surface area contributed by atoms with Gasteiger partial charge in [-0.3, -0.25) is 0 Å². The van der Waals surface area contributed by atoms with Gasteiger partial charge in [0.2, 0.25) is 5.89 Å². The number of likely N-dealkylation sites (tertiary alicyclic amines) is 1. The van der Waals surface area contributed by atoms with Crippen LogP contribution >= 0.6 is 11.3 Å². The highest BCUT2D eigenvalue weighted by Crippen LogP contribution is 2.16. The average Bonchev–Trinajstić information content (AvgIpc) is 3.10. The van der Waals surface area contributed by atoms with Crippen LogP contribution in [0.25, 0.3) is 0 Å². The fourth-order valence-electron chi connectivity index (χ4n) is 2.38. The normalized spacial score (nSPS) is 17.9. The van der Waals surface area contributed by atoms with Crippen LogP contribution in [-0.4, -0.2) is 34.7 Å². The minimum atomic E-state index is -0.154. The summed E-state index contributed by atoms with van der Waals surface area (Å²) < 4.78 is 5.27. The summed E-state index contributed by atoms with van der Waals surface area (Å²) in [5.74, 6) is 1.27. The minimum absolute atomic E-state index is 0.154. The molecular formula is C13H18N4OS. The number of hydrogen-bond acceptors (Lipinski definition) is 6. The molecule has 0 radical (unpaired) electrons. The molecule has 19 heavy (non-hydrogen) atoms. The fraction of sp³-hybridized carbons (Fsp3) is 0.538. The number of hydrogen-bond donors (Lipinski definition) is 1. The highest BCUT2D eigenvalue weighted by atomic mass is 32.1. The number of nitrogens with two attached hydrogens (primary N) is 1. The van der Waals surface area contributed by atoms with Crippen LogP contribution in [0.15, 0.2) is 22.0 Å². The van der Waals surface area contributed by atoms with Gasteiger partial charge in [-0.15, -0.1) is 11.3 Å². The first-order valence-corrected chi connectivity index (χ1v) is 7.52. The van der Waals surface area contributed by atoms with E-state index in [1.807, 2.05) is 11.4 Å². The van der Waals surface area contributed by atoms with Crippen molar-refractivity contribution in [2.45, 2.75) is 25.3 Å². The summed E-state index contributed by atoms with van der Waals surface area (Å²) in [6.45, 7) is 3.08. The Labute approximate surface area is 116 Å². The molecule has 3 rings (SSSR count). The molecule has 0 aliphatic carbocycles. The summed E-state index contributed by atoms with van der Waals surface area (Å²) in [6, 6.07) is 3.94. The van der Waals surface area contributed by atoms with Gasteiger partial charge < -0.3 is 15.2 Å². The zero-order valence-electron chi connectivity index (χ0n) is 10.8. The van der Waals surface area contributed by atoms with E-state index in [1.54, 1.807) is 11.3 Å². The zero-order valence-corrected chi connectivity index (χ0v) is 11.6. The molecule has 5 nitrogen and oxygen atoms in total. The third-order valence-corrected chi connectivity index (χ3v) is 4.25. The standard InChI is InChI=1S/C13H18N4OS/c14-11(9-17-5-1-2-6-17)13-15-12(18-16-13)8-10-4-3-7-19-10/h3-4,7,11H,1-2,5-6,8-9,14H2. The molecule has 0 amide bonds. The largest absolute Gasteiger partial charge is 0.339 e. The topological polar surface area (TPSA) is 68.2 Å². The van der Waals surface area contributed by atoms with Crippen molar-refractivity contribution in [1.29, 1.82) is 0 Å². The predicted molar refractivity (Wildman–Crippen MR) is 74.0 cm³/mol. The summed E-state index contributed by atoms with van der Waals surface area (Å²) in [4.78, 5) is 7.99. The van der Waals surface area contributed by atoms with E-state index in [1.165, 1.54) is 17.7 Å². The Morgan fingerprint density at radius 2 is 2.26 bits per heavy atom. The van der Waals surface area contributed by atoms with E-state index >= 15 is 0 Å². The van der Waals surface area contributed by atoms with E-state index in [9.17, 15) is 0 Å². The molecule has 1 unspecified atom stereocenters. The summed E-state index contributed by atoms with van der Waals surface area (Å²) in [5.41, 5.74) is 6.14. The molecule has 0 spiro atoms. The molecule has 1 atom stereocenters. The molecule has 2 aromatic heterocycles. The molecule has 0 bridgehead atoms.